The Morgan fingerprint density at radius 2 is 2.39 bits per heavy atom. The maximum atomic E-state index is 12.2. The lowest BCUT2D eigenvalue weighted by atomic mass is 10.3. The number of thiazole rings is 1. The topological polar surface area (TPSA) is 83.7 Å². The molecule has 2 aromatic rings. The molecule has 0 fully saturated rings. The van der Waals surface area contributed by atoms with E-state index in [0.717, 1.165) is 5.69 Å². The molecular weight excluding hydrogens is 254 g/mol. The van der Waals surface area contributed by atoms with Crippen molar-refractivity contribution in [3.63, 3.8) is 0 Å². The molecule has 7 heteroatoms. The highest BCUT2D eigenvalue weighted by Crippen LogP contribution is 2.12. The highest BCUT2D eigenvalue weighted by molar-refractivity contribution is 7.15. The monoisotopic (exact) mass is 267 g/mol. The summed E-state index contributed by atoms with van der Waals surface area (Å²) in [6, 6.07) is 0. The van der Waals surface area contributed by atoms with E-state index in [2.05, 4.69) is 10.3 Å². The van der Waals surface area contributed by atoms with Crippen LogP contribution in [0.2, 0.25) is 0 Å². The molecule has 96 valence electrons. The standard InChI is InChI=1S/C11H13N3O3S/c1-2-7-6-18-11-13-5-8(10(17)14(7)11)9(16)12-3-4-15/h5-6,15H,2-4H2,1H3,(H,12,16). The molecule has 0 saturated heterocycles. The van der Waals surface area contributed by atoms with Crippen molar-refractivity contribution in [2.75, 3.05) is 13.2 Å². The van der Waals surface area contributed by atoms with Gasteiger partial charge in [0.15, 0.2) is 4.96 Å². The molecule has 0 aliphatic carbocycles. The number of aliphatic hydroxyl groups is 1. The number of hydrogen-bond donors (Lipinski definition) is 2. The molecule has 0 atom stereocenters. The van der Waals surface area contributed by atoms with Gasteiger partial charge in [0.25, 0.3) is 11.5 Å². The van der Waals surface area contributed by atoms with Gasteiger partial charge in [0.05, 0.1) is 6.61 Å². The molecular formula is C11H13N3O3S. The Morgan fingerprint density at radius 3 is 3.06 bits per heavy atom. The first kappa shape index (κ1) is 12.7. The zero-order valence-corrected chi connectivity index (χ0v) is 10.7. The molecule has 0 unspecified atom stereocenters. The van der Waals surface area contributed by atoms with Gasteiger partial charge in [-0.05, 0) is 6.42 Å². The van der Waals surface area contributed by atoms with Crippen molar-refractivity contribution in [2.24, 2.45) is 0 Å². The Morgan fingerprint density at radius 1 is 1.61 bits per heavy atom. The zero-order chi connectivity index (χ0) is 13.1. The first-order valence-electron chi connectivity index (χ1n) is 5.56. The van der Waals surface area contributed by atoms with Gasteiger partial charge < -0.3 is 10.4 Å². The largest absolute Gasteiger partial charge is 0.395 e. The summed E-state index contributed by atoms with van der Waals surface area (Å²) in [4.78, 5) is 28.6. The van der Waals surface area contributed by atoms with E-state index in [9.17, 15) is 9.59 Å². The minimum atomic E-state index is -0.510. The molecule has 0 radical (unpaired) electrons. The van der Waals surface area contributed by atoms with Crippen LogP contribution in [0.5, 0.6) is 0 Å². The molecule has 1 amide bonds. The van der Waals surface area contributed by atoms with Crippen LogP contribution in [-0.4, -0.2) is 33.6 Å². The zero-order valence-electron chi connectivity index (χ0n) is 9.84. The van der Waals surface area contributed by atoms with E-state index >= 15 is 0 Å². The van der Waals surface area contributed by atoms with Crippen molar-refractivity contribution in [3.05, 3.63) is 33.2 Å². The number of aromatic nitrogens is 2. The van der Waals surface area contributed by atoms with E-state index in [4.69, 9.17) is 5.11 Å². The second-order valence-electron chi connectivity index (χ2n) is 3.66. The number of carbonyl (C=O) groups is 1. The van der Waals surface area contributed by atoms with Gasteiger partial charge in [-0.15, -0.1) is 11.3 Å². The van der Waals surface area contributed by atoms with Crippen molar-refractivity contribution >= 4 is 22.2 Å². The van der Waals surface area contributed by atoms with Crippen molar-refractivity contribution < 1.29 is 9.90 Å². The number of hydrogen-bond acceptors (Lipinski definition) is 5. The van der Waals surface area contributed by atoms with Crippen LogP contribution in [0.15, 0.2) is 16.4 Å². The molecule has 0 aliphatic rings. The first-order chi connectivity index (χ1) is 8.69. The highest BCUT2D eigenvalue weighted by Gasteiger charge is 2.15. The summed E-state index contributed by atoms with van der Waals surface area (Å²) in [5.74, 6) is -0.510. The normalized spacial score (nSPS) is 10.8. The Kier molecular flexibility index (Phi) is 3.73. The van der Waals surface area contributed by atoms with Crippen molar-refractivity contribution in [1.29, 1.82) is 0 Å². The van der Waals surface area contributed by atoms with Crippen molar-refractivity contribution in [3.8, 4) is 0 Å². The number of nitrogens with zero attached hydrogens (tertiary/aromatic N) is 2. The molecule has 18 heavy (non-hydrogen) atoms. The second kappa shape index (κ2) is 5.28. The Balaban J connectivity index is 2.50. The first-order valence-corrected chi connectivity index (χ1v) is 6.44. The lowest BCUT2D eigenvalue weighted by molar-refractivity contribution is 0.0942. The molecule has 0 aromatic carbocycles. The fraction of sp³-hybridized carbons (Fsp3) is 0.364. The van der Waals surface area contributed by atoms with E-state index in [1.54, 1.807) is 0 Å². The molecule has 0 bridgehead atoms. The molecule has 0 spiro atoms. The number of nitrogens with one attached hydrogen (secondary N) is 1. The van der Waals surface area contributed by atoms with Crippen LogP contribution in [0, 0.1) is 0 Å². The van der Waals surface area contributed by atoms with Crippen LogP contribution in [0.25, 0.3) is 4.96 Å². The summed E-state index contributed by atoms with van der Waals surface area (Å²) >= 11 is 1.37. The summed E-state index contributed by atoms with van der Waals surface area (Å²) < 4.78 is 1.46. The average molecular weight is 267 g/mol. The van der Waals surface area contributed by atoms with Crippen molar-refractivity contribution in [2.45, 2.75) is 13.3 Å². The number of aryl methyl sites for hydroxylation is 1. The number of rotatable bonds is 4. The molecule has 2 rings (SSSR count). The Hall–Kier alpha value is -1.73. The number of amides is 1. The highest BCUT2D eigenvalue weighted by atomic mass is 32.1. The fourth-order valence-corrected chi connectivity index (χ4v) is 2.54. The molecule has 2 heterocycles. The van der Waals surface area contributed by atoms with E-state index in [0.29, 0.717) is 11.4 Å². The van der Waals surface area contributed by atoms with Gasteiger partial charge in [0, 0.05) is 23.8 Å². The van der Waals surface area contributed by atoms with Crippen molar-refractivity contribution in [1.82, 2.24) is 14.7 Å². The summed E-state index contributed by atoms with van der Waals surface area (Å²) in [7, 11) is 0. The van der Waals surface area contributed by atoms with Crippen LogP contribution in [0.1, 0.15) is 23.0 Å². The molecule has 6 nitrogen and oxygen atoms in total. The summed E-state index contributed by atoms with van der Waals surface area (Å²) in [5, 5.41) is 12.9. The Bertz CT molecular complexity index is 632. The van der Waals surface area contributed by atoms with Gasteiger partial charge in [0.2, 0.25) is 0 Å². The van der Waals surface area contributed by atoms with E-state index in [-0.39, 0.29) is 24.3 Å². The van der Waals surface area contributed by atoms with Crippen LogP contribution >= 0.6 is 11.3 Å². The van der Waals surface area contributed by atoms with E-state index in [1.807, 2.05) is 12.3 Å². The second-order valence-corrected chi connectivity index (χ2v) is 4.49. The van der Waals surface area contributed by atoms with Crippen LogP contribution in [0.3, 0.4) is 0 Å². The van der Waals surface area contributed by atoms with Crippen LogP contribution in [-0.2, 0) is 6.42 Å². The molecule has 2 N–H and O–H groups in total. The SMILES string of the molecule is CCc1csc2ncc(C(=O)NCCO)c(=O)n12. The maximum Gasteiger partial charge on any atom is 0.271 e. The fourth-order valence-electron chi connectivity index (χ4n) is 1.61. The maximum absolute atomic E-state index is 12.2. The summed E-state index contributed by atoms with van der Waals surface area (Å²) in [5.41, 5.74) is 0.465. The minimum absolute atomic E-state index is 0.00551. The van der Waals surface area contributed by atoms with Gasteiger partial charge in [-0.3, -0.25) is 14.0 Å². The quantitative estimate of drug-likeness (QED) is 0.819. The number of fused-ring (bicyclic) bond motifs is 1. The lowest BCUT2D eigenvalue weighted by Crippen LogP contribution is -2.33. The smallest absolute Gasteiger partial charge is 0.271 e. The summed E-state index contributed by atoms with van der Waals surface area (Å²) in [6.07, 6.45) is 1.98. The summed E-state index contributed by atoms with van der Waals surface area (Å²) in [6.45, 7) is 1.89. The lowest BCUT2D eigenvalue weighted by Gasteiger charge is -2.03. The van der Waals surface area contributed by atoms with Gasteiger partial charge in [-0.1, -0.05) is 6.92 Å². The van der Waals surface area contributed by atoms with Crippen LogP contribution < -0.4 is 10.9 Å². The van der Waals surface area contributed by atoms with Gasteiger partial charge in [-0.25, -0.2) is 4.98 Å². The van der Waals surface area contributed by atoms with Gasteiger partial charge in [-0.2, -0.15) is 0 Å². The third kappa shape index (κ3) is 2.14. The number of carbonyl (C=O) groups excluding carboxylic acids is 1. The Labute approximate surface area is 107 Å². The van der Waals surface area contributed by atoms with Crippen LogP contribution in [0.4, 0.5) is 0 Å². The molecule has 2 aromatic heterocycles. The third-order valence-electron chi connectivity index (χ3n) is 2.52. The predicted octanol–water partition coefficient (Wildman–Crippen LogP) is 0.0405. The molecule has 0 saturated carbocycles. The van der Waals surface area contributed by atoms with E-state index in [1.165, 1.54) is 21.9 Å². The molecule has 0 aliphatic heterocycles. The number of aliphatic hydroxyl groups excluding tert-OH is 1. The van der Waals surface area contributed by atoms with Gasteiger partial charge >= 0.3 is 0 Å². The average Bonchev–Trinajstić information content (AvgIpc) is 2.80. The minimum Gasteiger partial charge on any atom is -0.395 e. The van der Waals surface area contributed by atoms with Gasteiger partial charge in [0.1, 0.15) is 5.56 Å². The van der Waals surface area contributed by atoms with E-state index < -0.39 is 5.91 Å². The predicted molar refractivity (Wildman–Crippen MR) is 68.1 cm³/mol. The third-order valence-corrected chi connectivity index (χ3v) is 3.41.